The van der Waals surface area contributed by atoms with Crippen LogP contribution in [0.15, 0.2) is 28.9 Å². The Morgan fingerprint density at radius 3 is 2.67 bits per heavy atom. The van der Waals surface area contributed by atoms with Crippen molar-refractivity contribution in [3.8, 4) is 0 Å². The van der Waals surface area contributed by atoms with Crippen LogP contribution in [-0.4, -0.2) is 28.2 Å². The summed E-state index contributed by atoms with van der Waals surface area (Å²) in [6.07, 6.45) is -3.12. The Labute approximate surface area is 118 Å². The molecule has 0 unspecified atom stereocenters. The van der Waals surface area contributed by atoms with Gasteiger partial charge in [-0.3, -0.25) is 0 Å². The molecule has 0 aliphatic carbocycles. The van der Waals surface area contributed by atoms with Gasteiger partial charge in [0.25, 0.3) is 0 Å². The minimum Gasteiger partial charge on any atom is -0.467 e. The van der Waals surface area contributed by atoms with Crippen LogP contribution in [0.5, 0.6) is 0 Å². The zero-order valence-electron chi connectivity index (χ0n) is 10.8. The first-order chi connectivity index (χ1) is 9.99. The average molecular weight is 302 g/mol. The number of hydrogen-bond acceptors (Lipinski definition) is 6. The third kappa shape index (κ3) is 4.35. The average Bonchev–Trinajstić information content (AvgIpc) is 2.95. The highest BCUT2D eigenvalue weighted by molar-refractivity contribution is 5.43. The molecule has 9 heteroatoms. The van der Waals surface area contributed by atoms with Crippen LogP contribution in [-0.2, 0) is 12.7 Å². The van der Waals surface area contributed by atoms with Crippen molar-refractivity contribution in [1.82, 2.24) is 9.97 Å². The normalized spacial score (nSPS) is 11.4. The number of anilines is 2. The number of nitrogens with one attached hydrogen (secondary N) is 2. The van der Waals surface area contributed by atoms with E-state index in [0.29, 0.717) is 5.76 Å². The highest BCUT2D eigenvalue weighted by atomic mass is 19.4. The SMILES string of the molecule is OCCNc1nc(NCc2ccco2)cc(C(F)(F)F)n1. The number of aliphatic hydroxyl groups excluding tert-OH is 1. The first-order valence-electron chi connectivity index (χ1n) is 6.06. The zero-order valence-corrected chi connectivity index (χ0v) is 10.8. The molecule has 0 atom stereocenters. The van der Waals surface area contributed by atoms with Crippen LogP contribution in [0, 0.1) is 0 Å². The van der Waals surface area contributed by atoms with Gasteiger partial charge in [-0.25, -0.2) is 4.98 Å². The maximum atomic E-state index is 12.8. The maximum absolute atomic E-state index is 12.8. The number of aromatic nitrogens is 2. The molecular formula is C12H13F3N4O2. The largest absolute Gasteiger partial charge is 0.467 e. The van der Waals surface area contributed by atoms with E-state index in [4.69, 9.17) is 9.52 Å². The van der Waals surface area contributed by atoms with Gasteiger partial charge in [0, 0.05) is 12.6 Å². The monoisotopic (exact) mass is 302 g/mol. The fourth-order valence-electron chi connectivity index (χ4n) is 1.52. The lowest BCUT2D eigenvalue weighted by Gasteiger charge is -2.12. The summed E-state index contributed by atoms with van der Waals surface area (Å²) in [6.45, 7) is 0.00838. The zero-order chi connectivity index (χ0) is 15.3. The first kappa shape index (κ1) is 15.1. The van der Waals surface area contributed by atoms with Gasteiger partial charge in [0.2, 0.25) is 5.95 Å². The van der Waals surface area contributed by atoms with E-state index in [9.17, 15) is 13.2 Å². The second-order valence-corrected chi connectivity index (χ2v) is 4.04. The predicted molar refractivity (Wildman–Crippen MR) is 68.6 cm³/mol. The van der Waals surface area contributed by atoms with Crippen molar-refractivity contribution >= 4 is 11.8 Å². The molecular weight excluding hydrogens is 289 g/mol. The summed E-state index contributed by atoms with van der Waals surface area (Å²) in [5, 5.41) is 13.9. The van der Waals surface area contributed by atoms with Crippen molar-refractivity contribution in [2.45, 2.75) is 12.7 Å². The van der Waals surface area contributed by atoms with Crippen LogP contribution >= 0.6 is 0 Å². The highest BCUT2D eigenvalue weighted by Gasteiger charge is 2.33. The van der Waals surface area contributed by atoms with Gasteiger partial charge in [0.15, 0.2) is 5.69 Å². The van der Waals surface area contributed by atoms with E-state index in [1.165, 1.54) is 6.26 Å². The minimum absolute atomic E-state index is 0.00849. The summed E-state index contributed by atoms with van der Waals surface area (Å²) >= 11 is 0. The number of aliphatic hydroxyl groups is 1. The summed E-state index contributed by atoms with van der Waals surface area (Å²) in [5.74, 6) is 0.363. The highest BCUT2D eigenvalue weighted by Crippen LogP contribution is 2.29. The lowest BCUT2D eigenvalue weighted by molar-refractivity contribution is -0.141. The number of alkyl halides is 3. The molecule has 0 aliphatic rings. The molecule has 0 amide bonds. The third-order valence-corrected chi connectivity index (χ3v) is 2.44. The molecule has 0 saturated carbocycles. The number of furan rings is 1. The second-order valence-electron chi connectivity index (χ2n) is 4.04. The van der Waals surface area contributed by atoms with Gasteiger partial charge in [-0.1, -0.05) is 0 Å². The minimum atomic E-state index is -4.58. The molecule has 114 valence electrons. The van der Waals surface area contributed by atoms with Crippen molar-refractivity contribution in [3.63, 3.8) is 0 Å². The van der Waals surface area contributed by atoms with Gasteiger partial charge in [0.1, 0.15) is 11.6 Å². The number of halogens is 3. The molecule has 0 radical (unpaired) electrons. The number of rotatable bonds is 6. The Morgan fingerprint density at radius 2 is 2.05 bits per heavy atom. The van der Waals surface area contributed by atoms with Gasteiger partial charge in [0.05, 0.1) is 19.4 Å². The van der Waals surface area contributed by atoms with E-state index in [2.05, 4.69) is 20.6 Å². The molecule has 3 N–H and O–H groups in total. The molecule has 0 fully saturated rings. The molecule has 0 spiro atoms. The first-order valence-corrected chi connectivity index (χ1v) is 6.06. The van der Waals surface area contributed by atoms with Crippen molar-refractivity contribution in [1.29, 1.82) is 0 Å². The second kappa shape index (κ2) is 6.44. The summed E-state index contributed by atoms with van der Waals surface area (Å²) < 4.78 is 43.4. The van der Waals surface area contributed by atoms with Crippen LogP contribution in [0.3, 0.4) is 0 Å². The molecule has 21 heavy (non-hydrogen) atoms. The van der Waals surface area contributed by atoms with Gasteiger partial charge < -0.3 is 20.2 Å². The number of hydrogen-bond donors (Lipinski definition) is 3. The van der Waals surface area contributed by atoms with Gasteiger partial charge in [-0.05, 0) is 12.1 Å². The van der Waals surface area contributed by atoms with Gasteiger partial charge in [-0.2, -0.15) is 18.2 Å². The molecule has 2 heterocycles. The third-order valence-electron chi connectivity index (χ3n) is 2.44. The van der Waals surface area contributed by atoms with E-state index in [0.717, 1.165) is 6.07 Å². The van der Waals surface area contributed by atoms with Crippen LogP contribution < -0.4 is 10.6 Å². The quantitative estimate of drug-likeness (QED) is 0.758. The summed E-state index contributed by atoms with van der Waals surface area (Å²) in [6, 6.07) is 4.17. The van der Waals surface area contributed by atoms with Crippen molar-refractivity contribution in [3.05, 3.63) is 35.9 Å². The Kier molecular flexibility index (Phi) is 4.63. The fourth-order valence-corrected chi connectivity index (χ4v) is 1.52. The lowest BCUT2D eigenvalue weighted by atomic mass is 10.3. The molecule has 0 saturated heterocycles. The summed E-state index contributed by atoms with van der Waals surface area (Å²) in [4.78, 5) is 7.26. The van der Waals surface area contributed by atoms with E-state index in [1.807, 2.05) is 0 Å². The standard InChI is InChI=1S/C12H13F3N4O2/c13-12(14,15)9-6-10(17-7-8-2-1-5-21-8)19-11(18-9)16-3-4-20/h1-2,5-6,20H,3-4,7H2,(H2,16,17,18,19). The topological polar surface area (TPSA) is 83.2 Å². The molecule has 2 rings (SSSR count). The Balaban J connectivity index is 2.17. The summed E-state index contributed by atoms with van der Waals surface area (Å²) in [7, 11) is 0. The molecule has 0 bridgehead atoms. The molecule has 6 nitrogen and oxygen atoms in total. The van der Waals surface area contributed by atoms with Gasteiger partial charge >= 0.3 is 6.18 Å². The molecule has 0 aromatic carbocycles. The Morgan fingerprint density at radius 1 is 1.24 bits per heavy atom. The predicted octanol–water partition coefficient (Wildman–Crippen LogP) is 2.10. The van der Waals surface area contributed by atoms with E-state index >= 15 is 0 Å². The number of nitrogens with zero attached hydrogens (tertiary/aromatic N) is 2. The Bertz CT molecular complexity index is 572. The molecule has 0 aliphatic heterocycles. The van der Waals surface area contributed by atoms with E-state index in [1.54, 1.807) is 12.1 Å². The Hall–Kier alpha value is -2.29. The van der Waals surface area contributed by atoms with Gasteiger partial charge in [-0.15, -0.1) is 0 Å². The van der Waals surface area contributed by atoms with Crippen molar-refractivity contribution < 1.29 is 22.7 Å². The maximum Gasteiger partial charge on any atom is 0.433 e. The molecule has 2 aromatic rings. The van der Waals surface area contributed by atoms with E-state index < -0.39 is 11.9 Å². The van der Waals surface area contributed by atoms with Crippen molar-refractivity contribution in [2.75, 3.05) is 23.8 Å². The van der Waals surface area contributed by atoms with E-state index in [-0.39, 0.29) is 31.5 Å². The van der Waals surface area contributed by atoms with Crippen LogP contribution in [0.1, 0.15) is 11.5 Å². The van der Waals surface area contributed by atoms with Crippen molar-refractivity contribution in [2.24, 2.45) is 0 Å². The van der Waals surface area contributed by atoms with Crippen LogP contribution in [0.4, 0.5) is 24.9 Å². The fraction of sp³-hybridized carbons (Fsp3) is 0.333. The summed E-state index contributed by atoms with van der Waals surface area (Å²) in [5.41, 5.74) is -1.07. The van der Waals surface area contributed by atoms with Crippen LogP contribution in [0.2, 0.25) is 0 Å². The lowest BCUT2D eigenvalue weighted by Crippen LogP contribution is -2.15. The molecule has 2 aromatic heterocycles. The van der Waals surface area contributed by atoms with Crippen LogP contribution in [0.25, 0.3) is 0 Å². The smallest absolute Gasteiger partial charge is 0.433 e.